The molecule has 0 aliphatic heterocycles. The summed E-state index contributed by atoms with van der Waals surface area (Å²) in [5.41, 5.74) is 1.77. The Morgan fingerprint density at radius 1 is 1.17 bits per heavy atom. The maximum atomic E-state index is 12.9. The van der Waals surface area contributed by atoms with Crippen molar-refractivity contribution in [3.05, 3.63) is 65.6 Å². The average Bonchev–Trinajstić information content (AvgIpc) is 3.04. The summed E-state index contributed by atoms with van der Waals surface area (Å²) in [6, 6.07) is 15.3. The summed E-state index contributed by atoms with van der Waals surface area (Å²) in [6.45, 7) is 0.395. The molecule has 0 radical (unpaired) electrons. The Morgan fingerprint density at radius 2 is 1.88 bits per heavy atom. The van der Waals surface area contributed by atoms with Gasteiger partial charge in [-0.25, -0.2) is 4.39 Å². The molecule has 6 heteroatoms. The van der Waals surface area contributed by atoms with Crippen molar-refractivity contribution >= 4 is 5.88 Å². The van der Waals surface area contributed by atoms with Gasteiger partial charge in [-0.1, -0.05) is 12.1 Å². The van der Waals surface area contributed by atoms with Gasteiger partial charge in [-0.15, -0.1) is 0 Å². The number of nitriles is 1. The Balaban J connectivity index is 1.79. The highest BCUT2D eigenvalue weighted by Crippen LogP contribution is 2.27. The highest BCUT2D eigenvalue weighted by atomic mass is 19.1. The number of methoxy groups -OCH3 is 1. The lowest BCUT2D eigenvalue weighted by Gasteiger charge is -2.03. The maximum absolute atomic E-state index is 12.9. The van der Waals surface area contributed by atoms with Crippen LogP contribution in [0.5, 0.6) is 5.75 Å². The Labute approximate surface area is 138 Å². The van der Waals surface area contributed by atoms with Crippen molar-refractivity contribution in [1.82, 2.24) is 4.98 Å². The first kappa shape index (κ1) is 15.6. The van der Waals surface area contributed by atoms with E-state index < -0.39 is 0 Å². The molecule has 1 heterocycles. The minimum Gasteiger partial charge on any atom is -0.497 e. The molecule has 3 rings (SSSR count). The second-order valence-corrected chi connectivity index (χ2v) is 5.02. The van der Waals surface area contributed by atoms with Crippen molar-refractivity contribution in [1.29, 1.82) is 5.26 Å². The van der Waals surface area contributed by atoms with Crippen molar-refractivity contribution < 1.29 is 13.5 Å². The molecule has 24 heavy (non-hydrogen) atoms. The third-order valence-electron chi connectivity index (χ3n) is 3.44. The standard InChI is InChI=1S/C18H14FN3O2/c1-23-15-8-4-13(5-9-15)17-22-16(10-20)18(24-17)21-11-12-2-6-14(19)7-3-12/h2-9,21H,11H2,1H3. The van der Waals surface area contributed by atoms with E-state index in [1.165, 1.54) is 12.1 Å². The SMILES string of the molecule is COc1ccc(-c2nc(C#N)c(NCc3ccc(F)cc3)o2)cc1. The molecule has 120 valence electrons. The van der Waals surface area contributed by atoms with E-state index in [9.17, 15) is 9.65 Å². The summed E-state index contributed by atoms with van der Waals surface area (Å²) in [5, 5.41) is 12.2. The van der Waals surface area contributed by atoms with Crippen molar-refractivity contribution in [3.63, 3.8) is 0 Å². The van der Waals surface area contributed by atoms with Crippen LogP contribution in [0.25, 0.3) is 11.5 Å². The number of hydrogen-bond acceptors (Lipinski definition) is 5. The van der Waals surface area contributed by atoms with Crippen molar-refractivity contribution in [2.45, 2.75) is 6.54 Å². The molecule has 0 aliphatic rings. The quantitative estimate of drug-likeness (QED) is 0.769. The number of nitrogens with zero attached hydrogens (tertiary/aromatic N) is 2. The smallest absolute Gasteiger partial charge is 0.232 e. The van der Waals surface area contributed by atoms with Crippen molar-refractivity contribution in [2.24, 2.45) is 0 Å². The number of oxazole rings is 1. The van der Waals surface area contributed by atoms with E-state index in [4.69, 9.17) is 9.15 Å². The van der Waals surface area contributed by atoms with Crippen molar-refractivity contribution in [2.75, 3.05) is 12.4 Å². The van der Waals surface area contributed by atoms with Gasteiger partial charge in [-0.3, -0.25) is 0 Å². The molecule has 0 unspecified atom stereocenters. The number of anilines is 1. The molecule has 0 aliphatic carbocycles. The lowest BCUT2D eigenvalue weighted by atomic mass is 10.2. The summed E-state index contributed by atoms with van der Waals surface area (Å²) in [6.07, 6.45) is 0. The van der Waals surface area contributed by atoms with Crippen LogP contribution in [0.1, 0.15) is 11.3 Å². The van der Waals surface area contributed by atoms with Crippen LogP contribution in [0.3, 0.4) is 0 Å². The molecule has 0 fully saturated rings. The predicted molar refractivity (Wildman–Crippen MR) is 86.9 cm³/mol. The maximum Gasteiger partial charge on any atom is 0.232 e. The molecule has 0 spiro atoms. The van der Waals surface area contributed by atoms with Crippen LogP contribution in [0.4, 0.5) is 10.3 Å². The molecule has 0 bridgehead atoms. The zero-order chi connectivity index (χ0) is 16.9. The van der Waals surface area contributed by atoms with Crippen LogP contribution in [-0.4, -0.2) is 12.1 Å². The highest BCUT2D eigenvalue weighted by molar-refractivity contribution is 5.59. The summed E-state index contributed by atoms with van der Waals surface area (Å²) < 4.78 is 23.7. The van der Waals surface area contributed by atoms with Gasteiger partial charge in [0.15, 0.2) is 0 Å². The molecule has 5 nitrogen and oxygen atoms in total. The van der Waals surface area contributed by atoms with E-state index >= 15 is 0 Å². The first-order valence-corrected chi connectivity index (χ1v) is 7.23. The van der Waals surface area contributed by atoms with Crippen LogP contribution in [0, 0.1) is 17.1 Å². The van der Waals surface area contributed by atoms with Gasteiger partial charge in [-0.05, 0) is 42.0 Å². The molecule has 3 aromatic rings. The van der Waals surface area contributed by atoms with E-state index in [0.29, 0.717) is 12.4 Å². The number of ether oxygens (including phenoxy) is 1. The predicted octanol–water partition coefficient (Wildman–Crippen LogP) is 3.97. The number of halogens is 1. The highest BCUT2D eigenvalue weighted by Gasteiger charge is 2.14. The monoisotopic (exact) mass is 323 g/mol. The minimum absolute atomic E-state index is 0.169. The van der Waals surface area contributed by atoms with Gasteiger partial charge in [0.1, 0.15) is 17.6 Å². The van der Waals surface area contributed by atoms with Gasteiger partial charge in [0.05, 0.1) is 7.11 Å². The van der Waals surface area contributed by atoms with Crippen LogP contribution >= 0.6 is 0 Å². The molecular formula is C18H14FN3O2. The van der Waals surface area contributed by atoms with E-state index in [1.54, 1.807) is 43.5 Å². The van der Waals surface area contributed by atoms with Crippen molar-refractivity contribution in [3.8, 4) is 23.3 Å². The number of rotatable bonds is 5. The molecule has 1 aromatic heterocycles. The lowest BCUT2D eigenvalue weighted by molar-refractivity contribution is 0.415. The Kier molecular flexibility index (Phi) is 4.43. The van der Waals surface area contributed by atoms with Crippen LogP contribution in [0.15, 0.2) is 52.9 Å². The number of hydrogen-bond donors (Lipinski definition) is 1. The third-order valence-corrected chi connectivity index (χ3v) is 3.44. The largest absolute Gasteiger partial charge is 0.497 e. The fourth-order valence-corrected chi connectivity index (χ4v) is 2.16. The van der Waals surface area contributed by atoms with Gasteiger partial charge < -0.3 is 14.5 Å². The molecular weight excluding hydrogens is 309 g/mol. The lowest BCUT2D eigenvalue weighted by Crippen LogP contribution is -1.99. The topological polar surface area (TPSA) is 71.1 Å². The number of aromatic nitrogens is 1. The Morgan fingerprint density at radius 3 is 2.50 bits per heavy atom. The van der Waals surface area contributed by atoms with Gasteiger partial charge in [-0.2, -0.15) is 10.2 Å². The summed E-state index contributed by atoms with van der Waals surface area (Å²) in [7, 11) is 1.59. The van der Waals surface area contributed by atoms with Crippen LogP contribution < -0.4 is 10.1 Å². The van der Waals surface area contributed by atoms with E-state index in [0.717, 1.165) is 16.9 Å². The zero-order valence-electron chi connectivity index (χ0n) is 12.9. The second kappa shape index (κ2) is 6.84. The van der Waals surface area contributed by atoms with Gasteiger partial charge >= 0.3 is 0 Å². The fourth-order valence-electron chi connectivity index (χ4n) is 2.16. The van der Waals surface area contributed by atoms with Gasteiger partial charge in [0.2, 0.25) is 17.5 Å². The van der Waals surface area contributed by atoms with E-state index in [1.807, 2.05) is 6.07 Å². The molecule has 1 N–H and O–H groups in total. The molecule has 0 saturated carbocycles. The van der Waals surface area contributed by atoms with Gasteiger partial charge in [0.25, 0.3) is 0 Å². The van der Waals surface area contributed by atoms with E-state index in [2.05, 4.69) is 10.3 Å². The Bertz CT molecular complexity index is 865. The molecule has 2 aromatic carbocycles. The molecule has 0 atom stereocenters. The first-order valence-electron chi connectivity index (χ1n) is 7.23. The zero-order valence-corrected chi connectivity index (χ0v) is 12.9. The first-order chi connectivity index (χ1) is 11.7. The second-order valence-electron chi connectivity index (χ2n) is 5.02. The number of benzene rings is 2. The van der Waals surface area contributed by atoms with Crippen LogP contribution in [0.2, 0.25) is 0 Å². The molecule has 0 amide bonds. The summed E-state index contributed by atoms with van der Waals surface area (Å²) in [5.74, 6) is 1.06. The fraction of sp³-hybridized carbons (Fsp3) is 0.111. The Hall–Kier alpha value is -3.33. The normalized spacial score (nSPS) is 10.2. The number of nitrogens with one attached hydrogen (secondary N) is 1. The molecule has 0 saturated heterocycles. The minimum atomic E-state index is -0.294. The van der Waals surface area contributed by atoms with Crippen LogP contribution in [-0.2, 0) is 6.54 Å². The summed E-state index contributed by atoms with van der Waals surface area (Å²) in [4.78, 5) is 4.19. The third kappa shape index (κ3) is 3.36. The van der Waals surface area contributed by atoms with Gasteiger partial charge in [0, 0.05) is 12.1 Å². The summed E-state index contributed by atoms with van der Waals surface area (Å²) >= 11 is 0. The average molecular weight is 323 g/mol. The van der Waals surface area contributed by atoms with E-state index in [-0.39, 0.29) is 17.4 Å².